The van der Waals surface area contributed by atoms with E-state index in [0.29, 0.717) is 24.1 Å². The average Bonchev–Trinajstić information content (AvgIpc) is 2.31. The molecular formula is C13H25N3O2S. The van der Waals surface area contributed by atoms with Crippen molar-refractivity contribution in [3.05, 3.63) is 0 Å². The van der Waals surface area contributed by atoms with Crippen LogP contribution in [-0.2, 0) is 9.53 Å². The maximum Gasteiger partial charge on any atom is 0.233 e. The van der Waals surface area contributed by atoms with Gasteiger partial charge < -0.3 is 20.7 Å². The molecule has 0 aromatic heterocycles. The summed E-state index contributed by atoms with van der Waals surface area (Å²) in [5.41, 5.74) is 5.14. The first-order valence-corrected chi connectivity index (χ1v) is 7.09. The van der Waals surface area contributed by atoms with E-state index in [1.165, 1.54) is 0 Å². The van der Waals surface area contributed by atoms with E-state index >= 15 is 0 Å². The summed E-state index contributed by atoms with van der Waals surface area (Å²) in [7, 11) is 3.68. The first kappa shape index (κ1) is 16.3. The van der Waals surface area contributed by atoms with Crippen LogP contribution in [0, 0.1) is 11.3 Å². The predicted octanol–water partition coefficient (Wildman–Crippen LogP) is 0.383. The fourth-order valence-electron chi connectivity index (χ4n) is 2.52. The minimum atomic E-state index is -0.597. The number of methoxy groups -OCH3 is 1. The highest BCUT2D eigenvalue weighted by Gasteiger charge is 2.50. The van der Waals surface area contributed by atoms with Crippen LogP contribution in [0.5, 0.6) is 0 Å². The van der Waals surface area contributed by atoms with Crippen molar-refractivity contribution in [3.63, 3.8) is 0 Å². The SMILES string of the molecule is COCCN(C)CCNC(=O)C1(C(N)=S)CC(C)C1. The average molecular weight is 287 g/mol. The van der Waals surface area contributed by atoms with Gasteiger partial charge in [0.15, 0.2) is 0 Å². The van der Waals surface area contributed by atoms with Crippen LogP contribution >= 0.6 is 12.2 Å². The number of ether oxygens (including phenoxy) is 1. The highest BCUT2D eigenvalue weighted by molar-refractivity contribution is 7.80. The van der Waals surface area contributed by atoms with Crippen LogP contribution in [0.2, 0.25) is 0 Å². The summed E-state index contributed by atoms with van der Waals surface area (Å²) >= 11 is 5.06. The molecular weight excluding hydrogens is 262 g/mol. The smallest absolute Gasteiger partial charge is 0.233 e. The number of nitrogens with two attached hydrogens (primary N) is 1. The van der Waals surface area contributed by atoms with Gasteiger partial charge in [-0.25, -0.2) is 0 Å². The Morgan fingerprint density at radius 3 is 2.63 bits per heavy atom. The third-order valence-electron chi connectivity index (χ3n) is 3.76. The van der Waals surface area contributed by atoms with Crippen molar-refractivity contribution >= 4 is 23.1 Å². The maximum absolute atomic E-state index is 12.2. The van der Waals surface area contributed by atoms with Gasteiger partial charge in [0.05, 0.1) is 17.0 Å². The molecule has 0 aliphatic heterocycles. The third-order valence-corrected chi connectivity index (χ3v) is 4.15. The zero-order valence-corrected chi connectivity index (χ0v) is 12.9. The fourth-order valence-corrected chi connectivity index (χ4v) is 2.78. The van der Waals surface area contributed by atoms with Gasteiger partial charge in [-0.05, 0) is 25.8 Å². The Labute approximate surface area is 120 Å². The lowest BCUT2D eigenvalue weighted by molar-refractivity contribution is -0.132. The molecule has 110 valence electrons. The van der Waals surface area contributed by atoms with E-state index in [4.69, 9.17) is 22.7 Å². The second-order valence-corrected chi connectivity index (χ2v) is 5.95. The van der Waals surface area contributed by atoms with E-state index in [2.05, 4.69) is 17.1 Å². The predicted molar refractivity (Wildman–Crippen MR) is 80.0 cm³/mol. The number of rotatable bonds is 8. The molecule has 0 spiro atoms. The molecule has 1 saturated carbocycles. The van der Waals surface area contributed by atoms with Crippen molar-refractivity contribution in [3.8, 4) is 0 Å². The number of hydrogen-bond acceptors (Lipinski definition) is 4. The van der Waals surface area contributed by atoms with Gasteiger partial charge in [-0.3, -0.25) is 4.79 Å². The highest BCUT2D eigenvalue weighted by Crippen LogP contribution is 2.45. The third kappa shape index (κ3) is 4.12. The van der Waals surface area contributed by atoms with Crippen LogP contribution in [0.1, 0.15) is 19.8 Å². The van der Waals surface area contributed by atoms with Crippen molar-refractivity contribution in [2.24, 2.45) is 17.1 Å². The zero-order valence-electron chi connectivity index (χ0n) is 12.1. The van der Waals surface area contributed by atoms with Crippen molar-refractivity contribution in [2.45, 2.75) is 19.8 Å². The van der Waals surface area contributed by atoms with E-state index in [1.54, 1.807) is 7.11 Å². The summed E-state index contributed by atoms with van der Waals surface area (Å²) in [4.78, 5) is 14.6. The molecule has 3 N–H and O–H groups in total. The molecule has 1 aliphatic carbocycles. The minimum Gasteiger partial charge on any atom is -0.392 e. The van der Waals surface area contributed by atoms with E-state index < -0.39 is 5.41 Å². The Morgan fingerprint density at radius 1 is 1.53 bits per heavy atom. The van der Waals surface area contributed by atoms with Crippen LogP contribution in [0.15, 0.2) is 0 Å². The quantitative estimate of drug-likeness (QED) is 0.632. The lowest BCUT2D eigenvalue weighted by Gasteiger charge is -2.44. The number of likely N-dealkylation sites (N-methyl/N-ethyl adjacent to an activating group) is 1. The topological polar surface area (TPSA) is 67.6 Å². The van der Waals surface area contributed by atoms with Gasteiger partial charge >= 0.3 is 0 Å². The minimum absolute atomic E-state index is 0.0155. The van der Waals surface area contributed by atoms with Gasteiger partial charge in [-0.15, -0.1) is 0 Å². The normalized spacial score (nSPS) is 26.0. The van der Waals surface area contributed by atoms with Crippen LogP contribution < -0.4 is 11.1 Å². The molecule has 0 unspecified atom stereocenters. The van der Waals surface area contributed by atoms with Gasteiger partial charge in [0.25, 0.3) is 0 Å². The number of thiocarbonyl (C=S) groups is 1. The lowest BCUT2D eigenvalue weighted by Crippen LogP contribution is -2.56. The Balaban J connectivity index is 2.32. The summed E-state index contributed by atoms with van der Waals surface area (Å²) in [5.74, 6) is 0.509. The highest BCUT2D eigenvalue weighted by atomic mass is 32.1. The summed E-state index contributed by atoms with van der Waals surface area (Å²) in [6.07, 6.45) is 1.54. The molecule has 6 heteroatoms. The molecule has 1 rings (SSSR count). The van der Waals surface area contributed by atoms with Crippen LogP contribution in [-0.4, -0.2) is 56.2 Å². The van der Waals surface area contributed by atoms with Crippen molar-refractivity contribution < 1.29 is 9.53 Å². The molecule has 0 atom stereocenters. The molecule has 1 amide bonds. The number of nitrogens with zero attached hydrogens (tertiary/aromatic N) is 1. The molecule has 19 heavy (non-hydrogen) atoms. The molecule has 1 aliphatic rings. The Kier molecular flexibility index (Phi) is 6.16. The largest absolute Gasteiger partial charge is 0.392 e. The molecule has 0 radical (unpaired) electrons. The van der Waals surface area contributed by atoms with Crippen molar-refractivity contribution in [2.75, 3.05) is 40.4 Å². The fraction of sp³-hybridized carbons (Fsp3) is 0.846. The molecule has 0 aromatic rings. The zero-order chi connectivity index (χ0) is 14.5. The molecule has 0 saturated heterocycles. The maximum atomic E-state index is 12.2. The summed E-state index contributed by atoms with van der Waals surface area (Å²) in [6, 6.07) is 0. The van der Waals surface area contributed by atoms with E-state index in [1.807, 2.05) is 7.05 Å². The summed E-state index contributed by atoms with van der Waals surface area (Å²) in [6.45, 7) is 5.06. The Hall–Kier alpha value is -0.720. The first-order chi connectivity index (χ1) is 8.92. The van der Waals surface area contributed by atoms with E-state index in [9.17, 15) is 4.79 Å². The lowest BCUT2D eigenvalue weighted by atomic mass is 9.62. The van der Waals surface area contributed by atoms with Gasteiger partial charge in [0, 0.05) is 26.7 Å². The van der Waals surface area contributed by atoms with E-state index in [0.717, 1.165) is 25.9 Å². The number of hydrogen-bond donors (Lipinski definition) is 2. The molecule has 0 heterocycles. The first-order valence-electron chi connectivity index (χ1n) is 6.68. The van der Waals surface area contributed by atoms with Crippen LogP contribution in [0.3, 0.4) is 0 Å². The van der Waals surface area contributed by atoms with Crippen LogP contribution in [0.25, 0.3) is 0 Å². The van der Waals surface area contributed by atoms with Gasteiger partial charge in [0.1, 0.15) is 0 Å². The van der Waals surface area contributed by atoms with Crippen molar-refractivity contribution in [1.82, 2.24) is 10.2 Å². The molecule has 0 bridgehead atoms. The standard InChI is InChI=1S/C13H25N3O2S/c1-10-8-13(9-10,11(14)19)12(17)15-4-5-16(2)6-7-18-3/h10H,4-9H2,1-3H3,(H2,14,19)(H,15,17). The number of amides is 1. The molecule has 1 fully saturated rings. The second-order valence-electron chi connectivity index (χ2n) is 5.51. The Morgan fingerprint density at radius 2 is 2.16 bits per heavy atom. The van der Waals surface area contributed by atoms with Gasteiger partial charge in [-0.2, -0.15) is 0 Å². The number of nitrogens with one attached hydrogen (secondary N) is 1. The number of carbonyl (C=O) groups excluding carboxylic acids is 1. The molecule has 0 aromatic carbocycles. The van der Waals surface area contributed by atoms with Gasteiger partial charge in [-0.1, -0.05) is 19.1 Å². The van der Waals surface area contributed by atoms with E-state index in [-0.39, 0.29) is 5.91 Å². The Bertz CT molecular complexity index is 330. The second kappa shape index (κ2) is 7.17. The van der Waals surface area contributed by atoms with Gasteiger partial charge in [0.2, 0.25) is 5.91 Å². The monoisotopic (exact) mass is 287 g/mol. The van der Waals surface area contributed by atoms with Crippen LogP contribution in [0.4, 0.5) is 0 Å². The summed E-state index contributed by atoms with van der Waals surface area (Å²) < 4.78 is 5.00. The molecule has 5 nitrogen and oxygen atoms in total. The number of carbonyl (C=O) groups is 1. The summed E-state index contributed by atoms with van der Waals surface area (Å²) in [5, 5.41) is 2.95. The van der Waals surface area contributed by atoms with Crippen molar-refractivity contribution in [1.29, 1.82) is 0 Å².